The fourth-order valence-corrected chi connectivity index (χ4v) is 3.87. The van der Waals surface area contributed by atoms with Crippen molar-refractivity contribution in [3.63, 3.8) is 0 Å². The highest BCUT2D eigenvalue weighted by Crippen LogP contribution is 2.27. The number of hydrogen-bond donors (Lipinski definition) is 1. The van der Waals surface area contributed by atoms with Gasteiger partial charge in [0, 0.05) is 22.3 Å². The summed E-state index contributed by atoms with van der Waals surface area (Å²) in [5.74, 6) is 0. The van der Waals surface area contributed by atoms with Crippen LogP contribution in [0.15, 0.2) is 59.6 Å². The molecule has 0 bridgehead atoms. The molecule has 0 aliphatic rings. The molecule has 0 radical (unpaired) electrons. The van der Waals surface area contributed by atoms with Crippen LogP contribution in [-0.4, -0.2) is 13.4 Å². The molecule has 0 aliphatic carbocycles. The molecular formula is C15H10Cl2N2O2S. The van der Waals surface area contributed by atoms with Gasteiger partial charge < -0.3 is 0 Å². The maximum atomic E-state index is 12.4. The van der Waals surface area contributed by atoms with Crippen molar-refractivity contribution >= 4 is 49.8 Å². The topological polar surface area (TPSA) is 59.1 Å². The van der Waals surface area contributed by atoms with Gasteiger partial charge in [-0.2, -0.15) is 0 Å². The van der Waals surface area contributed by atoms with E-state index in [1.54, 1.807) is 30.5 Å². The van der Waals surface area contributed by atoms with E-state index in [2.05, 4.69) is 9.71 Å². The van der Waals surface area contributed by atoms with E-state index in [1.807, 2.05) is 6.07 Å². The minimum Gasteiger partial charge on any atom is -0.280 e. The molecule has 0 saturated heterocycles. The van der Waals surface area contributed by atoms with Crippen molar-refractivity contribution in [2.45, 2.75) is 4.90 Å². The smallest absolute Gasteiger partial charge is 0.263 e. The Morgan fingerprint density at radius 1 is 1.00 bits per heavy atom. The SMILES string of the molecule is O=S(=O)(Nc1ccc2ncccc2c1)c1ccc(Cl)cc1Cl. The molecule has 1 aromatic heterocycles. The molecule has 0 aliphatic heterocycles. The van der Waals surface area contributed by atoms with Crippen LogP contribution < -0.4 is 4.72 Å². The Hall–Kier alpha value is -1.82. The number of rotatable bonds is 3. The molecule has 1 heterocycles. The van der Waals surface area contributed by atoms with E-state index < -0.39 is 10.0 Å². The van der Waals surface area contributed by atoms with E-state index in [0.29, 0.717) is 10.7 Å². The Bertz CT molecular complexity index is 959. The molecular weight excluding hydrogens is 343 g/mol. The number of nitrogens with one attached hydrogen (secondary N) is 1. The van der Waals surface area contributed by atoms with Gasteiger partial charge in [0.15, 0.2) is 0 Å². The highest BCUT2D eigenvalue weighted by molar-refractivity contribution is 7.92. The Kier molecular flexibility index (Phi) is 3.95. The molecule has 3 rings (SSSR count). The summed E-state index contributed by atoms with van der Waals surface area (Å²) in [6.45, 7) is 0. The summed E-state index contributed by atoms with van der Waals surface area (Å²) in [5.41, 5.74) is 1.22. The van der Waals surface area contributed by atoms with Crippen LogP contribution in [0.3, 0.4) is 0 Å². The summed E-state index contributed by atoms with van der Waals surface area (Å²) < 4.78 is 27.3. The van der Waals surface area contributed by atoms with Crippen LogP contribution in [-0.2, 0) is 10.0 Å². The Morgan fingerprint density at radius 2 is 1.82 bits per heavy atom. The predicted octanol–water partition coefficient (Wildman–Crippen LogP) is 4.34. The van der Waals surface area contributed by atoms with Gasteiger partial charge in [0.2, 0.25) is 0 Å². The molecule has 0 unspecified atom stereocenters. The average molecular weight is 353 g/mol. The number of nitrogens with zero attached hydrogens (tertiary/aromatic N) is 1. The quantitative estimate of drug-likeness (QED) is 0.762. The van der Waals surface area contributed by atoms with Crippen LogP contribution in [0.4, 0.5) is 5.69 Å². The first-order valence-electron chi connectivity index (χ1n) is 6.28. The van der Waals surface area contributed by atoms with E-state index in [0.717, 1.165) is 10.9 Å². The van der Waals surface area contributed by atoms with Crippen molar-refractivity contribution in [2.24, 2.45) is 0 Å². The lowest BCUT2D eigenvalue weighted by atomic mass is 10.2. The lowest BCUT2D eigenvalue weighted by Gasteiger charge is -2.10. The summed E-state index contributed by atoms with van der Waals surface area (Å²) in [4.78, 5) is 4.16. The first-order valence-corrected chi connectivity index (χ1v) is 8.52. The second-order valence-corrected chi connectivity index (χ2v) is 7.09. The van der Waals surface area contributed by atoms with Crippen molar-refractivity contribution in [1.82, 2.24) is 4.98 Å². The van der Waals surface area contributed by atoms with Gasteiger partial charge in [-0.25, -0.2) is 8.42 Å². The van der Waals surface area contributed by atoms with Gasteiger partial charge in [-0.15, -0.1) is 0 Å². The zero-order valence-electron chi connectivity index (χ0n) is 11.1. The van der Waals surface area contributed by atoms with Crippen LogP contribution in [0.1, 0.15) is 0 Å². The molecule has 4 nitrogen and oxygen atoms in total. The van der Waals surface area contributed by atoms with Crippen molar-refractivity contribution in [3.05, 3.63) is 64.8 Å². The fourth-order valence-electron chi connectivity index (χ4n) is 2.04. The molecule has 0 amide bonds. The number of hydrogen-bond acceptors (Lipinski definition) is 3. The monoisotopic (exact) mass is 352 g/mol. The van der Waals surface area contributed by atoms with E-state index in [1.165, 1.54) is 18.2 Å². The standard InChI is InChI=1S/C15H10Cl2N2O2S/c16-11-3-6-15(13(17)9-11)22(20,21)19-12-4-5-14-10(8-12)2-1-7-18-14/h1-9,19H. The largest absolute Gasteiger partial charge is 0.280 e. The zero-order valence-corrected chi connectivity index (χ0v) is 13.5. The molecule has 1 N–H and O–H groups in total. The van der Waals surface area contributed by atoms with Crippen molar-refractivity contribution in [3.8, 4) is 0 Å². The Balaban J connectivity index is 1.99. The third-order valence-electron chi connectivity index (χ3n) is 3.04. The first-order chi connectivity index (χ1) is 10.5. The highest BCUT2D eigenvalue weighted by atomic mass is 35.5. The summed E-state index contributed by atoms with van der Waals surface area (Å²) >= 11 is 11.7. The van der Waals surface area contributed by atoms with Gasteiger partial charge >= 0.3 is 0 Å². The van der Waals surface area contributed by atoms with Gasteiger partial charge in [0.05, 0.1) is 10.5 Å². The van der Waals surface area contributed by atoms with E-state index in [-0.39, 0.29) is 9.92 Å². The Labute approximate surface area is 137 Å². The van der Waals surface area contributed by atoms with Crippen molar-refractivity contribution in [1.29, 1.82) is 0 Å². The average Bonchev–Trinajstić information content (AvgIpc) is 2.46. The second-order valence-electron chi connectivity index (χ2n) is 4.59. The summed E-state index contributed by atoms with van der Waals surface area (Å²) in [6, 6.07) is 13.0. The number of halogens is 2. The van der Waals surface area contributed by atoms with Gasteiger partial charge in [-0.3, -0.25) is 9.71 Å². The minimum absolute atomic E-state index is 0.0233. The lowest BCUT2D eigenvalue weighted by molar-refractivity contribution is 0.601. The molecule has 0 fully saturated rings. The molecule has 0 saturated carbocycles. The van der Waals surface area contributed by atoms with Crippen LogP contribution >= 0.6 is 23.2 Å². The number of sulfonamides is 1. The summed E-state index contributed by atoms with van der Waals surface area (Å²) in [6.07, 6.45) is 1.68. The van der Waals surface area contributed by atoms with Crippen LogP contribution in [0.2, 0.25) is 10.0 Å². The maximum absolute atomic E-state index is 12.4. The molecule has 3 aromatic rings. The highest BCUT2D eigenvalue weighted by Gasteiger charge is 2.18. The van der Waals surface area contributed by atoms with Crippen molar-refractivity contribution < 1.29 is 8.42 Å². The first kappa shape index (κ1) is 15.1. The third-order valence-corrected chi connectivity index (χ3v) is 5.14. The molecule has 2 aromatic carbocycles. The molecule has 112 valence electrons. The van der Waals surface area contributed by atoms with Gasteiger partial charge in [0.25, 0.3) is 10.0 Å². The molecule has 0 spiro atoms. The van der Waals surface area contributed by atoms with Crippen LogP contribution in [0.5, 0.6) is 0 Å². The summed E-state index contributed by atoms with van der Waals surface area (Å²) in [7, 11) is -3.79. The number of benzene rings is 2. The van der Waals surface area contributed by atoms with Crippen LogP contribution in [0.25, 0.3) is 10.9 Å². The number of anilines is 1. The van der Waals surface area contributed by atoms with Crippen LogP contribution in [0, 0.1) is 0 Å². The normalized spacial score (nSPS) is 11.5. The van der Waals surface area contributed by atoms with E-state index in [9.17, 15) is 8.42 Å². The molecule has 22 heavy (non-hydrogen) atoms. The second kappa shape index (κ2) is 5.76. The molecule has 0 atom stereocenters. The predicted molar refractivity (Wildman–Crippen MR) is 89.0 cm³/mol. The van der Waals surface area contributed by atoms with Gasteiger partial charge in [0.1, 0.15) is 4.90 Å². The summed E-state index contributed by atoms with van der Waals surface area (Å²) in [5, 5.41) is 1.29. The third kappa shape index (κ3) is 3.02. The van der Waals surface area contributed by atoms with Gasteiger partial charge in [-0.1, -0.05) is 29.3 Å². The van der Waals surface area contributed by atoms with E-state index >= 15 is 0 Å². The number of pyridine rings is 1. The number of aromatic nitrogens is 1. The minimum atomic E-state index is -3.79. The zero-order chi connectivity index (χ0) is 15.7. The maximum Gasteiger partial charge on any atom is 0.263 e. The molecule has 7 heteroatoms. The number of fused-ring (bicyclic) bond motifs is 1. The lowest BCUT2D eigenvalue weighted by Crippen LogP contribution is -2.13. The fraction of sp³-hybridized carbons (Fsp3) is 0. The Morgan fingerprint density at radius 3 is 2.59 bits per heavy atom. The van der Waals surface area contributed by atoms with Crippen molar-refractivity contribution in [2.75, 3.05) is 4.72 Å². The van der Waals surface area contributed by atoms with Gasteiger partial charge in [-0.05, 0) is 42.5 Å². The van der Waals surface area contributed by atoms with E-state index in [4.69, 9.17) is 23.2 Å².